The fourth-order valence-electron chi connectivity index (χ4n) is 3.32. The van der Waals surface area contributed by atoms with E-state index >= 15 is 0 Å². The van der Waals surface area contributed by atoms with Crippen molar-refractivity contribution in [2.24, 2.45) is 0 Å². The Balaban J connectivity index is 1.44. The number of hydrogen-bond donors (Lipinski definition) is 2. The summed E-state index contributed by atoms with van der Waals surface area (Å²) in [5, 5.41) is 12.7. The standard InChI is InChI=1S/C19H18F3N7O2/c1-28-15-10-13(19(20,21)22)27-29(15)8-7-12(18(28)31)23-17(30)16-24-14(25-26-16)9-11-5-3-2-4-6-11/h2-6,10,12H,7-9H2,1H3,(H,23,30)(H,24,25,26). The minimum absolute atomic E-state index is 0.0112. The second-order valence-electron chi connectivity index (χ2n) is 7.09. The van der Waals surface area contributed by atoms with Crippen molar-refractivity contribution in [2.75, 3.05) is 11.9 Å². The number of likely N-dealkylation sites (N-methyl/N-ethyl adjacent to an activating group) is 1. The Bertz CT molecular complexity index is 1110. The predicted molar refractivity (Wildman–Crippen MR) is 102 cm³/mol. The van der Waals surface area contributed by atoms with Crippen LogP contribution in [0.3, 0.4) is 0 Å². The van der Waals surface area contributed by atoms with Gasteiger partial charge in [0.15, 0.2) is 5.69 Å². The SMILES string of the molecule is CN1C(=O)C(NC(=O)c2n[nH]c(Cc3ccccc3)n2)CCn2nc(C(F)(F)F)cc21. The highest BCUT2D eigenvalue weighted by Crippen LogP contribution is 2.32. The molecule has 2 N–H and O–H groups in total. The number of aryl methyl sites for hydroxylation is 1. The first-order valence-corrected chi connectivity index (χ1v) is 9.41. The number of carbonyl (C=O) groups is 2. The molecule has 2 aromatic heterocycles. The summed E-state index contributed by atoms with van der Waals surface area (Å²) in [6.45, 7) is 0.0275. The van der Waals surface area contributed by atoms with Gasteiger partial charge < -0.3 is 5.32 Å². The number of rotatable bonds is 4. The van der Waals surface area contributed by atoms with Crippen molar-refractivity contribution in [2.45, 2.75) is 31.6 Å². The molecule has 0 bridgehead atoms. The number of aromatic amines is 1. The van der Waals surface area contributed by atoms with E-state index in [1.165, 1.54) is 7.05 Å². The molecule has 1 unspecified atom stereocenters. The molecule has 0 saturated heterocycles. The van der Waals surface area contributed by atoms with Crippen molar-refractivity contribution >= 4 is 17.6 Å². The summed E-state index contributed by atoms with van der Waals surface area (Å²) in [4.78, 5) is 30.5. The van der Waals surface area contributed by atoms with Gasteiger partial charge in [-0.1, -0.05) is 30.3 Å². The van der Waals surface area contributed by atoms with Gasteiger partial charge in [-0.25, -0.2) is 9.67 Å². The van der Waals surface area contributed by atoms with Gasteiger partial charge in [0.2, 0.25) is 5.82 Å². The van der Waals surface area contributed by atoms with Gasteiger partial charge in [0.1, 0.15) is 17.7 Å². The molecule has 0 aliphatic carbocycles. The van der Waals surface area contributed by atoms with E-state index in [0.717, 1.165) is 21.2 Å². The largest absolute Gasteiger partial charge is 0.435 e. The maximum atomic E-state index is 12.9. The number of nitrogens with one attached hydrogen (secondary N) is 2. The number of nitrogens with zero attached hydrogens (tertiary/aromatic N) is 5. The van der Waals surface area contributed by atoms with Crippen molar-refractivity contribution in [3.63, 3.8) is 0 Å². The number of amides is 2. The molecule has 162 valence electrons. The van der Waals surface area contributed by atoms with Crippen LogP contribution in [0.1, 0.15) is 34.1 Å². The molecule has 1 atom stereocenters. The Morgan fingerprint density at radius 3 is 2.74 bits per heavy atom. The Morgan fingerprint density at radius 2 is 2.03 bits per heavy atom. The molecule has 1 aliphatic rings. The van der Waals surface area contributed by atoms with E-state index in [1.807, 2.05) is 30.3 Å². The number of aromatic nitrogens is 5. The summed E-state index contributed by atoms with van der Waals surface area (Å²) in [7, 11) is 1.34. The van der Waals surface area contributed by atoms with Crippen molar-refractivity contribution in [1.29, 1.82) is 0 Å². The molecule has 2 amide bonds. The van der Waals surface area contributed by atoms with E-state index in [0.29, 0.717) is 12.2 Å². The second-order valence-corrected chi connectivity index (χ2v) is 7.09. The average Bonchev–Trinajstić information content (AvgIpc) is 3.35. The molecule has 31 heavy (non-hydrogen) atoms. The lowest BCUT2D eigenvalue weighted by Crippen LogP contribution is -2.47. The Kier molecular flexibility index (Phi) is 5.21. The first kappa shape index (κ1) is 20.6. The number of H-pyrrole nitrogens is 1. The number of benzene rings is 1. The third-order valence-electron chi connectivity index (χ3n) is 4.91. The maximum absolute atomic E-state index is 12.9. The number of hydrogen-bond acceptors (Lipinski definition) is 5. The van der Waals surface area contributed by atoms with Crippen molar-refractivity contribution in [3.8, 4) is 0 Å². The second kappa shape index (κ2) is 7.85. The number of alkyl halides is 3. The summed E-state index contributed by atoms with van der Waals surface area (Å²) in [5.74, 6) is -0.834. The highest BCUT2D eigenvalue weighted by atomic mass is 19.4. The molecular formula is C19H18F3N7O2. The smallest absolute Gasteiger partial charge is 0.337 e. The number of halogens is 3. The lowest BCUT2D eigenvalue weighted by Gasteiger charge is -2.19. The van der Waals surface area contributed by atoms with Gasteiger partial charge in [-0.05, 0) is 12.0 Å². The van der Waals surface area contributed by atoms with Crippen LogP contribution in [0.15, 0.2) is 36.4 Å². The predicted octanol–water partition coefficient (Wildman–Crippen LogP) is 1.78. The Hall–Kier alpha value is -3.70. The molecule has 0 radical (unpaired) electrons. The molecule has 1 aliphatic heterocycles. The monoisotopic (exact) mass is 433 g/mol. The highest BCUT2D eigenvalue weighted by Gasteiger charge is 2.38. The number of anilines is 1. The van der Waals surface area contributed by atoms with Gasteiger partial charge in [0.05, 0.1) is 0 Å². The van der Waals surface area contributed by atoms with Crippen LogP contribution >= 0.6 is 0 Å². The number of fused-ring (bicyclic) bond motifs is 1. The fourth-order valence-corrected chi connectivity index (χ4v) is 3.32. The summed E-state index contributed by atoms with van der Waals surface area (Å²) in [6, 6.07) is 9.34. The van der Waals surface area contributed by atoms with Gasteiger partial charge in [-0.3, -0.25) is 19.6 Å². The molecule has 9 nitrogen and oxygen atoms in total. The van der Waals surface area contributed by atoms with Gasteiger partial charge in [0, 0.05) is 26.1 Å². The average molecular weight is 433 g/mol. The Morgan fingerprint density at radius 1 is 1.29 bits per heavy atom. The quantitative estimate of drug-likeness (QED) is 0.652. The minimum Gasteiger partial charge on any atom is -0.337 e. The van der Waals surface area contributed by atoms with Crippen LogP contribution in [-0.4, -0.2) is 49.9 Å². The van der Waals surface area contributed by atoms with Crippen molar-refractivity contribution < 1.29 is 22.8 Å². The highest BCUT2D eigenvalue weighted by molar-refractivity contribution is 6.00. The van der Waals surface area contributed by atoms with E-state index in [-0.39, 0.29) is 24.6 Å². The topological polar surface area (TPSA) is 109 Å². The Labute approximate surface area is 174 Å². The van der Waals surface area contributed by atoms with E-state index in [4.69, 9.17) is 0 Å². The fraction of sp³-hybridized carbons (Fsp3) is 0.316. The lowest BCUT2D eigenvalue weighted by molar-refractivity contribution is -0.141. The zero-order valence-corrected chi connectivity index (χ0v) is 16.3. The summed E-state index contributed by atoms with van der Waals surface area (Å²) in [6.07, 6.45) is -4.09. The van der Waals surface area contributed by atoms with E-state index < -0.39 is 29.7 Å². The first-order chi connectivity index (χ1) is 14.7. The van der Waals surface area contributed by atoms with E-state index in [2.05, 4.69) is 25.6 Å². The van der Waals surface area contributed by atoms with Crippen LogP contribution in [0.25, 0.3) is 0 Å². The van der Waals surface area contributed by atoms with Crippen LogP contribution < -0.4 is 10.2 Å². The zero-order valence-electron chi connectivity index (χ0n) is 16.3. The lowest BCUT2D eigenvalue weighted by atomic mass is 10.1. The van der Waals surface area contributed by atoms with Gasteiger partial charge in [0.25, 0.3) is 11.8 Å². The molecule has 0 spiro atoms. The third-order valence-corrected chi connectivity index (χ3v) is 4.91. The van der Waals surface area contributed by atoms with E-state index in [1.54, 1.807) is 0 Å². The molecule has 0 fully saturated rings. The van der Waals surface area contributed by atoms with Crippen molar-refractivity contribution in [3.05, 3.63) is 59.3 Å². The van der Waals surface area contributed by atoms with Gasteiger partial charge >= 0.3 is 6.18 Å². The number of carbonyl (C=O) groups excluding carboxylic acids is 2. The normalized spacial score (nSPS) is 16.7. The van der Waals surface area contributed by atoms with Gasteiger partial charge in [-0.2, -0.15) is 18.3 Å². The molecule has 3 heterocycles. The maximum Gasteiger partial charge on any atom is 0.435 e. The van der Waals surface area contributed by atoms with Crippen molar-refractivity contribution in [1.82, 2.24) is 30.3 Å². The van der Waals surface area contributed by atoms with Gasteiger partial charge in [-0.15, -0.1) is 5.10 Å². The van der Waals surface area contributed by atoms with Crippen LogP contribution in [-0.2, 0) is 23.9 Å². The van der Waals surface area contributed by atoms with Crippen LogP contribution in [0.5, 0.6) is 0 Å². The molecular weight excluding hydrogens is 415 g/mol. The van der Waals surface area contributed by atoms with Crippen LogP contribution in [0.4, 0.5) is 19.0 Å². The molecule has 3 aromatic rings. The van der Waals surface area contributed by atoms with Crippen LogP contribution in [0, 0.1) is 0 Å². The molecule has 0 saturated carbocycles. The van der Waals surface area contributed by atoms with E-state index in [9.17, 15) is 22.8 Å². The van der Waals surface area contributed by atoms with Crippen LogP contribution in [0.2, 0.25) is 0 Å². The molecule has 12 heteroatoms. The summed E-state index contributed by atoms with van der Waals surface area (Å²) in [5.41, 5.74) is -0.0878. The summed E-state index contributed by atoms with van der Waals surface area (Å²) >= 11 is 0. The minimum atomic E-state index is -4.61. The molecule has 4 rings (SSSR count). The third kappa shape index (κ3) is 4.27. The zero-order chi connectivity index (χ0) is 22.2. The first-order valence-electron chi connectivity index (χ1n) is 9.41. The molecule has 1 aromatic carbocycles. The summed E-state index contributed by atoms with van der Waals surface area (Å²) < 4.78 is 39.9.